The number of aryl methyl sites for hydroxylation is 1. The Labute approximate surface area is 89.1 Å². The highest BCUT2D eigenvalue weighted by Crippen LogP contribution is 2.26. The van der Waals surface area contributed by atoms with Crippen LogP contribution < -0.4 is 5.73 Å². The van der Waals surface area contributed by atoms with Gasteiger partial charge in [-0.15, -0.1) is 0 Å². The van der Waals surface area contributed by atoms with Gasteiger partial charge in [-0.1, -0.05) is 0 Å². The molecule has 0 saturated carbocycles. The smallest absolute Gasteiger partial charge is 0.305 e. The van der Waals surface area contributed by atoms with E-state index in [4.69, 9.17) is 5.73 Å². The zero-order valence-corrected chi connectivity index (χ0v) is 8.27. The lowest BCUT2D eigenvalue weighted by Gasteiger charge is -2.02. The first-order chi connectivity index (χ1) is 7.49. The second-order valence-electron chi connectivity index (χ2n) is 3.23. The molecule has 0 bridgehead atoms. The number of nitro groups is 1. The molecule has 1 aromatic heterocycles. The number of aromatic nitrogens is 2. The molecular weight excluding hydrogens is 215 g/mol. The van der Waals surface area contributed by atoms with E-state index in [1.165, 1.54) is 0 Å². The van der Waals surface area contributed by atoms with Gasteiger partial charge in [-0.05, 0) is 6.92 Å². The van der Waals surface area contributed by atoms with Gasteiger partial charge in [-0.2, -0.15) is 4.39 Å². The van der Waals surface area contributed by atoms with Gasteiger partial charge in [0.25, 0.3) is 0 Å². The molecule has 0 atom stereocenters. The van der Waals surface area contributed by atoms with E-state index >= 15 is 0 Å². The second kappa shape index (κ2) is 3.37. The van der Waals surface area contributed by atoms with Crippen LogP contribution in [0.2, 0.25) is 0 Å². The molecule has 16 heavy (non-hydrogen) atoms. The first kappa shape index (κ1) is 10.2. The maximum atomic E-state index is 13.3. The molecule has 1 heterocycles. The Morgan fingerprint density at radius 3 is 2.75 bits per heavy atom. The molecule has 0 unspecified atom stereocenters. The van der Waals surface area contributed by atoms with Crippen molar-refractivity contribution < 1.29 is 9.31 Å². The van der Waals surface area contributed by atoms with Gasteiger partial charge in [-0.3, -0.25) is 10.1 Å². The molecule has 0 aliphatic carbocycles. The van der Waals surface area contributed by atoms with Crippen molar-refractivity contribution in [2.45, 2.75) is 6.92 Å². The Balaban J connectivity index is 2.84. The molecule has 7 heteroatoms. The number of benzene rings is 1. The van der Waals surface area contributed by atoms with Crippen LogP contribution in [-0.4, -0.2) is 14.9 Å². The van der Waals surface area contributed by atoms with Crippen molar-refractivity contribution in [2.75, 3.05) is 5.73 Å². The van der Waals surface area contributed by atoms with Crippen molar-refractivity contribution in [3.63, 3.8) is 0 Å². The van der Waals surface area contributed by atoms with Crippen LogP contribution in [0.15, 0.2) is 12.1 Å². The molecule has 6 nitrogen and oxygen atoms in total. The highest BCUT2D eigenvalue weighted by Gasteiger charge is 2.17. The highest BCUT2D eigenvalue weighted by molar-refractivity contribution is 5.89. The Morgan fingerprint density at radius 2 is 2.12 bits per heavy atom. The fourth-order valence-electron chi connectivity index (χ4n) is 1.42. The molecule has 2 aromatic rings. The number of halogens is 1. The van der Waals surface area contributed by atoms with Gasteiger partial charge < -0.3 is 5.73 Å². The van der Waals surface area contributed by atoms with E-state index in [1.807, 2.05) is 0 Å². The molecule has 82 valence electrons. The van der Waals surface area contributed by atoms with Crippen LogP contribution >= 0.6 is 0 Å². The van der Waals surface area contributed by atoms with Crippen molar-refractivity contribution in [1.82, 2.24) is 9.97 Å². The number of hydrogen-bond acceptors (Lipinski definition) is 5. The molecule has 0 radical (unpaired) electrons. The molecule has 0 fully saturated rings. The number of nitrogens with two attached hydrogens (primary N) is 1. The highest BCUT2D eigenvalue weighted by atomic mass is 19.1. The van der Waals surface area contributed by atoms with E-state index in [0.717, 1.165) is 12.1 Å². The van der Waals surface area contributed by atoms with Crippen molar-refractivity contribution >= 4 is 22.4 Å². The fraction of sp³-hybridized carbons (Fsp3) is 0.111. The van der Waals surface area contributed by atoms with Crippen LogP contribution in [0.3, 0.4) is 0 Å². The maximum Gasteiger partial charge on any atom is 0.305 e. The third kappa shape index (κ3) is 1.52. The van der Waals surface area contributed by atoms with Crippen LogP contribution in [-0.2, 0) is 0 Å². The fourth-order valence-corrected chi connectivity index (χ4v) is 1.42. The molecule has 1 aromatic carbocycles. The average molecular weight is 222 g/mol. The molecule has 0 saturated heterocycles. The number of nitrogens with zero attached hydrogens (tertiary/aromatic N) is 3. The minimum atomic E-state index is -0.935. The SMILES string of the molecule is Cc1nc(N)c2cc([N+](=O)[O-])c(F)cc2n1. The van der Waals surface area contributed by atoms with E-state index in [0.29, 0.717) is 5.82 Å². The van der Waals surface area contributed by atoms with Crippen LogP contribution in [0.1, 0.15) is 5.82 Å². The summed E-state index contributed by atoms with van der Waals surface area (Å²) in [6.07, 6.45) is 0. The summed E-state index contributed by atoms with van der Waals surface area (Å²) < 4.78 is 13.3. The molecular formula is C9H7FN4O2. The third-order valence-electron chi connectivity index (χ3n) is 2.10. The maximum absolute atomic E-state index is 13.3. The number of fused-ring (bicyclic) bond motifs is 1. The lowest BCUT2D eigenvalue weighted by Crippen LogP contribution is -2.00. The lowest BCUT2D eigenvalue weighted by atomic mass is 10.2. The number of hydrogen-bond donors (Lipinski definition) is 1. The quantitative estimate of drug-likeness (QED) is 0.583. The van der Waals surface area contributed by atoms with E-state index in [1.54, 1.807) is 6.92 Å². The lowest BCUT2D eigenvalue weighted by molar-refractivity contribution is -0.387. The average Bonchev–Trinajstić information content (AvgIpc) is 2.15. The predicted octanol–water partition coefficient (Wildman–Crippen LogP) is 1.57. The van der Waals surface area contributed by atoms with Gasteiger partial charge in [0.2, 0.25) is 5.82 Å². The Hall–Kier alpha value is -2.31. The molecule has 2 N–H and O–H groups in total. The summed E-state index contributed by atoms with van der Waals surface area (Å²) in [5.74, 6) is -0.446. The van der Waals surface area contributed by atoms with Crippen molar-refractivity contribution in [1.29, 1.82) is 0 Å². The minimum Gasteiger partial charge on any atom is -0.383 e. The zero-order chi connectivity index (χ0) is 11.9. The second-order valence-corrected chi connectivity index (χ2v) is 3.23. The van der Waals surface area contributed by atoms with Gasteiger partial charge in [0.1, 0.15) is 11.6 Å². The number of nitrogen functional groups attached to an aromatic ring is 1. The van der Waals surface area contributed by atoms with E-state index < -0.39 is 16.4 Å². The van der Waals surface area contributed by atoms with E-state index in [2.05, 4.69) is 9.97 Å². The number of rotatable bonds is 1. The van der Waals surface area contributed by atoms with Gasteiger partial charge in [-0.25, -0.2) is 9.97 Å². The van der Waals surface area contributed by atoms with Crippen molar-refractivity contribution in [3.8, 4) is 0 Å². The Kier molecular flexibility index (Phi) is 2.15. The molecule has 0 amide bonds. The Morgan fingerprint density at radius 1 is 1.44 bits per heavy atom. The summed E-state index contributed by atoms with van der Waals surface area (Å²) in [4.78, 5) is 17.5. The topological polar surface area (TPSA) is 94.9 Å². The molecule has 0 aliphatic heterocycles. The van der Waals surface area contributed by atoms with Gasteiger partial charge in [0.15, 0.2) is 0 Å². The van der Waals surface area contributed by atoms with Crippen LogP contribution in [0.4, 0.5) is 15.9 Å². The number of anilines is 1. The predicted molar refractivity (Wildman–Crippen MR) is 55.3 cm³/mol. The van der Waals surface area contributed by atoms with Crippen LogP contribution in [0.25, 0.3) is 10.9 Å². The van der Waals surface area contributed by atoms with Crippen LogP contribution in [0.5, 0.6) is 0 Å². The minimum absolute atomic E-state index is 0.102. The molecule has 0 spiro atoms. The first-order valence-corrected chi connectivity index (χ1v) is 4.37. The van der Waals surface area contributed by atoms with Gasteiger partial charge in [0.05, 0.1) is 10.4 Å². The normalized spacial score (nSPS) is 10.6. The summed E-state index contributed by atoms with van der Waals surface area (Å²) in [7, 11) is 0. The first-order valence-electron chi connectivity index (χ1n) is 4.37. The summed E-state index contributed by atoms with van der Waals surface area (Å²) >= 11 is 0. The summed E-state index contributed by atoms with van der Waals surface area (Å²) in [5.41, 5.74) is 5.20. The molecule has 0 aliphatic rings. The van der Waals surface area contributed by atoms with Gasteiger partial charge in [0, 0.05) is 17.5 Å². The standard InChI is InChI=1S/C9H7FN4O2/c1-4-12-7-3-6(10)8(14(15)16)2-5(7)9(11)13-4/h2-3H,1H3,(H2,11,12,13). The van der Waals surface area contributed by atoms with Crippen molar-refractivity contribution in [3.05, 3.63) is 33.9 Å². The largest absolute Gasteiger partial charge is 0.383 e. The Bertz CT molecular complexity index is 600. The van der Waals surface area contributed by atoms with Gasteiger partial charge >= 0.3 is 5.69 Å². The monoisotopic (exact) mass is 222 g/mol. The number of nitro benzene ring substituents is 1. The molecule has 2 rings (SSSR count). The summed E-state index contributed by atoms with van der Waals surface area (Å²) in [6, 6.07) is 2.03. The van der Waals surface area contributed by atoms with Crippen LogP contribution in [0, 0.1) is 22.9 Å². The van der Waals surface area contributed by atoms with E-state index in [9.17, 15) is 14.5 Å². The van der Waals surface area contributed by atoms with Crippen molar-refractivity contribution in [2.24, 2.45) is 0 Å². The van der Waals surface area contributed by atoms with E-state index in [-0.39, 0.29) is 16.7 Å². The third-order valence-corrected chi connectivity index (χ3v) is 2.10. The zero-order valence-electron chi connectivity index (χ0n) is 8.27. The summed E-state index contributed by atoms with van der Waals surface area (Å²) in [6.45, 7) is 1.61. The summed E-state index contributed by atoms with van der Waals surface area (Å²) in [5, 5.41) is 10.8.